The molecule has 0 bridgehead atoms. The number of nitrogens with two attached hydrogens (primary N) is 1. The number of halogens is 3. The van der Waals surface area contributed by atoms with E-state index in [1.807, 2.05) is 14.1 Å². The van der Waals surface area contributed by atoms with Gasteiger partial charge in [-0.1, -0.05) is 0 Å². The predicted octanol–water partition coefficient (Wildman–Crippen LogP) is 1.89. The zero-order chi connectivity index (χ0) is 23.7. The van der Waals surface area contributed by atoms with Gasteiger partial charge in [0.1, 0.15) is 0 Å². The number of aldehydes is 1. The minimum atomic E-state index is -4.34. The van der Waals surface area contributed by atoms with Gasteiger partial charge in [0.25, 0.3) is 0 Å². The van der Waals surface area contributed by atoms with Crippen LogP contribution in [-0.2, 0) is 0 Å². The van der Waals surface area contributed by atoms with Gasteiger partial charge < -0.3 is 5.32 Å². The molecule has 0 aliphatic rings. The SMILES string of the molecule is CNC.COc1cc(C=O)ccc1NCC#Cc1nn2c(N)cccc2c1[Se]C(F)(F)F. The van der Waals surface area contributed by atoms with Crippen molar-refractivity contribution in [3.05, 3.63) is 47.7 Å². The zero-order valence-corrected chi connectivity index (χ0v) is 19.3. The molecule has 2 heterocycles. The maximum atomic E-state index is 13.0. The van der Waals surface area contributed by atoms with Gasteiger partial charge in [0.15, 0.2) is 0 Å². The first-order valence-electron chi connectivity index (χ1n) is 9.21. The van der Waals surface area contributed by atoms with Crippen LogP contribution in [0.2, 0.25) is 0 Å². The van der Waals surface area contributed by atoms with Crippen LogP contribution in [0.5, 0.6) is 5.75 Å². The Morgan fingerprint density at radius 1 is 1.28 bits per heavy atom. The molecular weight excluding hydrogens is 490 g/mol. The number of carbonyl (C=O) groups excluding carboxylic acids is 1. The number of fused-ring (bicyclic) bond motifs is 1. The number of anilines is 2. The number of ether oxygens (including phenoxy) is 1. The molecule has 1 aromatic carbocycles. The van der Waals surface area contributed by atoms with Gasteiger partial charge in [0, 0.05) is 0 Å². The van der Waals surface area contributed by atoms with E-state index in [2.05, 4.69) is 27.6 Å². The first kappa shape index (κ1) is 25.1. The molecule has 0 radical (unpaired) electrons. The van der Waals surface area contributed by atoms with Crippen LogP contribution in [0.3, 0.4) is 0 Å². The molecular formula is C21H22F3N5O2Se. The maximum absolute atomic E-state index is 13.0. The number of aromatic nitrogens is 2. The number of pyridine rings is 1. The van der Waals surface area contributed by atoms with Crippen molar-refractivity contribution >= 4 is 42.7 Å². The van der Waals surface area contributed by atoms with Gasteiger partial charge in [-0.15, -0.1) is 0 Å². The van der Waals surface area contributed by atoms with Crippen LogP contribution in [0.25, 0.3) is 5.52 Å². The normalized spacial score (nSPS) is 10.6. The van der Waals surface area contributed by atoms with Crippen molar-refractivity contribution in [3.8, 4) is 17.6 Å². The average Bonchev–Trinajstić information content (AvgIpc) is 3.09. The molecule has 0 saturated carbocycles. The predicted molar refractivity (Wildman–Crippen MR) is 120 cm³/mol. The second-order valence-corrected chi connectivity index (χ2v) is 8.46. The van der Waals surface area contributed by atoms with Crippen molar-refractivity contribution in [1.29, 1.82) is 0 Å². The van der Waals surface area contributed by atoms with E-state index >= 15 is 0 Å². The molecule has 0 aliphatic carbocycles. The number of rotatable bonds is 5. The molecule has 0 atom stereocenters. The fourth-order valence-electron chi connectivity index (χ4n) is 2.56. The van der Waals surface area contributed by atoms with Gasteiger partial charge in [0.2, 0.25) is 0 Å². The number of methoxy groups -OCH3 is 1. The molecule has 7 nitrogen and oxygen atoms in total. The summed E-state index contributed by atoms with van der Waals surface area (Å²) in [4.78, 5) is 10.8. The molecule has 3 aromatic rings. The van der Waals surface area contributed by atoms with Crippen LogP contribution < -0.4 is 25.6 Å². The summed E-state index contributed by atoms with van der Waals surface area (Å²) >= 11 is -1.81. The molecule has 2 aromatic heterocycles. The summed E-state index contributed by atoms with van der Waals surface area (Å²) < 4.78 is 45.6. The van der Waals surface area contributed by atoms with Crippen LogP contribution in [0.15, 0.2) is 36.4 Å². The summed E-state index contributed by atoms with van der Waals surface area (Å²) in [5.41, 5.74) is 7.22. The Balaban J connectivity index is 0.00000114. The number of nitrogens with one attached hydrogen (secondary N) is 2. The Bertz CT molecular complexity index is 1140. The Labute approximate surface area is 189 Å². The minimum absolute atomic E-state index is 0.0396. The van der Waals surface area contributed by atoms with Crippen LogP contribution in [0.1, 0.15) is 16.1 Å². The number of hydrogen-bond donors (Lipinski definition) is 3. The van der Waals surface area contributed by atoms with E-state index in [-0.39, 0.29) is 22.5 Å². The number of alkyl halides is 3. The van der Waals surface area contributed by atoms with Crippen molar-refractivity contribution in [2.45, 2.75) is 5.07 Å². The summed E-state index contributed by atoms with van der Waals surface area (Å²) in [6, 6.07) is 9.51. The van der Waals surface area contributed by atoms with Crippen molar-refractivity contribution in [2.24, 2.45) is 0 Å². The van der Waals surface area contributed by atoms with E-state index in [1.165, 1.54) is 17.7 Å². The van der Waals surface area contributed by atoms with E-state index in [1.54, 1.807) is 30.3 Å². The Kier molecular flexibility index (Phi) is 8.96. The molecule has 0 unspecified atom stereocenters. The van der Waals surface area contributed by atoms with E-state index in [0.717, 1.165) is 0 Å². The number of benzene rings is 1. The fourth-order valence-corrected chi connectivity index (χ4v) is 3.99. The van der Waals surface area contributed by atoms with Gasteiger partial charge in [-0.3, -0.25) is 0 Å². The first-order valence-corrected chi connectivity index (χ1v) is 10.9. The molecule has 4 N–H and O–H groups in total. The number of nitrogen functional groups attached to an aromatic ring is 1. The second-order valence-electron chi connectivity index (χ2n) is 6.21. The molecule has 0 saturated heterocycles. The average molecular weight is 512 g/mol. The van der Waals surface area contributed by atoms with Crippen molar-refractivity contribution in [2.75, 3.05) is 38.8 Å². The molecule has 3 rings (SSSR count). The van der Waals surface area contributed by atoms with E-state index in [4.69, 9.17) is 10.5 Å². The molecule has 0 aliphatic heterocycles. The Morgan fingerprint density at radius 2 is 2.00 bits per heavy atom. The van der Waals surface area contributed by atoms with E-state index < -0.39 is 20.0 Å². The van der Waals surface area contributed by atoms with Crippen LogP contribution in [0.4, 0.5) is 24.7 Å². The van der Waals surface area contributed by atoms with Gasteiger partial charge in [-0.25, -0.2) is 0 Å². The van der Waals surface area contributed by atoms with Crippen molar-refractivity contribution in [1.82, 2.24) is 14.9 Å². The fraction of sp³-hybridized carbons (Fsp3) is 0.238. The number of hydrogen-bond acceptors (Lipinski definition) is 6. The summed E-state index contributed by atoms with van der Waals surface area (Å²) in [5, 5.41) is 5.55. The van der Waals surface area contributed by atoms with Crippen LogP contribution in [0, 0.1) is 11.8 Å². The monoisotopic (exact) mass is 513 g/mol. The summed E-state index contributed by atoms with van der Waals surface area (Å²) in [6.45, 7) is 0.138. The van der Waals surface area contributed by atoms with Crippen LogP contribution >= 0.6 is 0 Å². The van der Waals surface area contributed by atoms with E-state index in [0.29, 0.717) is 28.8 Å². The van der Waals surface area contributed by atoms with Gasteiger partial charge in [-0.2, -0.15) is 0 Å². The number of carbonyl (C=O) groups is 1. The van der Waals surface area contributed by atoms with E-state index in [9.17, 15) is 18.0 Å². The summed E-state index contributed by atoms with van der Waals surface area (Å²) in [6.07, 6.45) is 0.700. The molecule has 0 fully saturated rings. The third-order valence-electron chi connectivity index (χ3n) is 3.80. The quantitative estimate of drug-likeness (QED) is 0.275. The molecule has 0 spiro atoms. The second kappa shape index (κ2) is 11.4. The van der Waals surface area contributed by atoms with Crippen molar-refractivity contribution in [3.63, 3.8) is 0 Å². The summed E-state index contributed by atoms with van der Waals surface area (Å²) in [7, 11) is 5.22. The molecule has 32 heavy (non-hydrogen) atoms. The number of nitrogens with zero attached hydrogens (tertiary/aromatic N) is 2. The van der Waals surface area contributed by atoms with Crippen LogP contribution in [-0.4, -0.2) is 63.7 Å². The Hall–Kier alpha value is -3.19. The third-order valence-corrected chi connectivity index (χ3v) is 5.55. The Morgan fingerprint density at radius 3 is 2.62 bits per heavy atom. The molecule has 11 heteroatoms. The standard InChI is InChI=1S/C19H15F3N4O2Se.C2H7N/c1-28-16-10-12(11-27)7-8-13(16)24-9-3-4-14-18(29-19(20,21)22)15-5-2-6-17(23)26(15)25-14;1-3-2/h2,5-8,10-11,24H,9,23H2,1H3;3H,1-2H3. The third kappa shape index (κ3) is 6.65. The topological polar surface area (TPSA) is 93.7 Å². The van der Waals surface area contributed by atoms with Gasteiger partial charge >= 0.3 is 170 Å². The zero-order valence-electron chi connectivity index (χ0n) is 17.6. The molecule has 170 valence electrons. The summed E-state index contributed by atoms with van der Waals surface area (Å²) in [5.74, 6) is 6.16. The van der Waals surface area contributed by atoms with Crippen molar-refractivity contribution < 1.29 is 22.7 Å². The van der Waals surface area contributed by atoms with Gasteiger partial charge in [0.05, 0.1) is 0 Å². The molecule has 0 amide bonds. The first-order chi connectivity index (χ1) is 15.2. The van der Waals surface area contributed by atoms with Gasteiger partial charge in [-0.05, 0) is 14.1 Å².